The number of carbonyl (C=O) groups excluding carboxylic acids is 2. The fourth-order valence-corrected chi connectivity index (χ4v) is 8.90. The van der Waals surface area contributed by atoms with Gasteiger partial charge in [-0.1, -0.05) is 40.7 Å². The summed E-state index contributed by atoms with van der Waals surface area (Å²) in [5.74, 6) is 3.55. The van der Waals surface area contributed by atoms with E-state index >= 15 is 0 Å². The van der Waals surface area contributed by atoms with Crippen LogP contribution >= 0.6 is 11.8 Å². The molecule has 4 aliphatic rings. The third-order valence-electron chi connectivity index (χ3n) is 10.9. The Labute approximate surface area is 212 Å². The van der Waals surface area contributed by atoms with Gasteiger partial charge in [-0.2, -0.15) is 0 Å². The van der Waals surface area contributed by atoms with Crippen molar-refractivity contribution in [3.05, 3.63) is 12.7 Å². The first-order chi connectivity index (χ1) is 16.1. The van der Waals surface area contributed by atoms with Gasteiger partial charge in [0.05, 0.1) is 5.75 Å². The lowest BCUT2D eigenvalue weighted by atomic mass is 9.54. The van der Waals surface area contributed by atoms with E-state index in [0.29, 0.717) is 29.3 Å². The summed E-state index contributed by atoms with van der Waals surface area (Å²) in [5, 5.41) is 0. The van der Waals surface area contributed by atoms with Gasteiger partial charge in [0.1, 0.15) is 11.9 Å². The maximum atomic E-state index is 13.1. The zero-order chi connectivity index (χ0) is 24.7. The number of thioether (sulfide) groups is 1. The average molecular weight is 490 g/mol. The third-order valence-corrected chi connectivity index (χ3v) is 11.8. The molecule has 8 atom stereocenters. The Hall–Kier alpha value is -0.810. The standard InChI is InChI=1S/C29H47NO3S/c1-7-28-16-23(28)21(5)29-11-10-24(31)22(15-29)14-20(4)27(6,19-29)25(17-28)33-26(32)18-34-13-12-30(8-2)9-3/h7,20-23,25H,1,8-19H2,2-6H3/t20-,21+,22+,23+,25-,27+,28+,29+/m1/s1. The molecule has 0 heterocycles. The molecule has 34 heavy (non-hydrogen) atoms. The van der Waals surface area contributed by atoms with E-state index in [1.807, 2.05) is 0 Å². The highest BCUT2D eigenvalue weighted by atomic mass is 32.2. The molecule has 0 N–H and O–H groups in total. The van der Waals surface area contributed by atoms with E-state index in [4.69, 9.17) is 4.74 Å². The predicted molar refractivity (Wildman–Crippen MR) is 141 cm³/mol. The van der Waals surface area contributed by atoms with Crippen LogP contribution in [0.2, 0.25) is 0 Å². The summed E-state index contributed by atoms with van der Waals surface area (Å²) in [6, 6.07) is 0. The minimum absolute atomic E-state index is 0.0645. The normalized spacial score (nSPS) is 43.4. The van der Waals surface area contributed by atoms with Crippen LogP contribution in [0.25, 0.3) is 0 Å². The van der Waals surface area contributed by atoms with E-state index in [0.717, 1.165) is 70.3 Å². The smallest absolute Gasteiger partial charge is 0.316 e. The number of esters is 1. The fourth-order valence-electron chi connectivity index (χ4n) is 8.13. The van der Waals surface area contributed by atoms with Crippen molar-refractivity contribution in [3.8, 4) is 0 Å². The molecule has 4 fully saturated rings. The molecule has 0 aromatic carbocycles. The van der Waals surface area contributed by atoms with Gasteiger partial charge in [0.2, 0.25) is 0 Å². The number of hydrogen-bond acceptors (Lipinski definition) is 5. The Bertz CT molecular complexity index is 796. The van der Waals surface area contributed by atoms with Crippen molar-refractivity contribution in [3.63, 3.8) is 0 Å². The lowest BCUT2D eigenvalue weighted by Crippen LogP contribution is -2.49. The highest BCUT2D eigenvalue weighted by Crippen LogP contribution is 2.71. The number of carbonyl (C=O) groups is 2. The van der Waals surface area contributed by atoms with E-state index < -0.39 is 0 Å². The molecule has 1 spiro atoms. The largest absolute Gasteiger partial charge is 0.461 e. The molecular weight excluding hydrogens is 442 g/mol. The van der Waals surface area contributed by atoms with E-state index in [1.165, 1.54) is 0 Å². The second kappa shape index (κ2) is 9.92. The van der Waals surface area contributed by atoms with Gasteiger partial charge in [0.25, 0.3) is 0 Å². The molecular formula is C29H47NO3S. The molecule has 0 aromatic heterocycles. The van der Waals surface area contributed by atoms with Crippen LogP contribution < -0.4 is 0 Å². The summed E-state index contributed by atoms with van der Waals surface area (Å²) < 4.78 is 6.43. The molecule has 4 rings (SSSR count). The van der Waals surface area contributed by atoms with Gasteiger partial charge in [-0.15, -0.1) is 18.3 Å². The molecule has 0 unspecified atom stereocenters. The van der Waals surface area contributed by atoms with Crippen molar-refractivity contribution < 1.29 is 14.3 Å². The Morgan fingerprint density at radius 3 is 2.65 bits per heavy atom. The quantitative estimate of drug-likeness (QED) is 0.226. The van der Waals surface area contributed by atoms with Crippen LogP contribution in [-0.2, 0) is 14.3 Å². The number of fused-ring (bicyclic) bond motifs is 3. The lowest BCUT2D eigenvalue weighted by molar-refractivity contribution is -0.162. The van der Waals surface area contributed by atoms with E-state index in [9.17, 15) is 9.59 Å². The molecule has 0 saturated heterocycles. The van der Waals surface area contributed by atoms with Crippen molar-refractivity contribution in [2.75, 3.05) is 31.1 Å². The van der Waals surface area contributed by atoms with Crippen LogP contribution in [0.5, 0.6) is 0 Å². The second-order valence-electron chi connectivity index (χ2n) is 12.3. The maximum absolute atomic E-state index is 13.1. The van der Waals surface area contributed by atoms with Gasteiger partial charge in [0, 0.05) is 30.1 Å². The van der Waals surface area contributed by atoms with Crippen molar-refractivity contribution >= 4 is 23.5 Å². The lowest BCUT2D eigenvalue weighted by Gasteiger charge is -2.52. The monoisotopic (exact) mass is 489 g/mol. The molecule has 4 nitrogen and oxygen atoms in total. The van der Waals surface area contributed by atoms with Crippen molar-refractivity contribution in [1.82, 2.24) is 4.90 Å². The summed E-state index contributed by atoms with van der Waals surface area (Å²) in [4.78, 5) is 28.4. The summed E-state index contributed by atoms with van der Waals surface area (Å²) in [7, 11) is 0. The van der Waals surface area contributed by atoms with Crippen LogP contribution in [0, 0.1) is 39.9 Å². The number of rotatable bonds is 9. The number of hydrogen-bond donors (Lipinski definition) is 0. The molecule has 0 aromatic rings. The minimum atomic E-state index is -0.0985. The first-order valence-corrected chi connectivity index (χ1v) is 14.9. The average Bonchev–Trinajstić information content (AvgIpc) is 3.54. The Morgan fingerprint density at radius 2 is 1.97 bits per heavy atom. The third kappa shape index (κ3) is 4.65. The molecule has 4 aliphatic carbocycles. The zero-order valence-corrected chi connectivity index (χ0v) is 23.1. The molecule has 0 radical (unpaired) electrons. The fraction of sp³-hybridized carbons (Fsp3) is 0.862. The molecule has 0 amide bonds. The second-order valence-corrected chi connectivity index (χ2v) is 13.5. The summed E-state index contributed by atoms with van der Waals surface area (Å²) >= 11 is 1.70. The number of allylic oxidation sites excluding steroid dienone is 1. The molecule has 0 aliphatic heterocycles. The van der Waals surface area contributed by atoms with E-state index in [2.05, 4.69) is 52.2 Å². The van der Waals surface area contributed by atoms with Gasteiger partial charge < -0.3 is 9.64 Å². The number of Topliss-reactive ketones (excluding diaryl/α,β-unsaturated/α-hetero) is 1. The minimum Gasteiger partial charge on any atom is -0.461 e. The van der Waals surface area contributed by atoms with Gasteiger partial charge in [-0.25, -0.2) is 0 Å². The van der Waals surface area contributed by atoms with E-state index in [1.54, 1.807) is 11.8 Å². The first kappa shape index (κ1) is 26.3. The zero-order valence-electron chi connectivity index (χ0n) is 22.2. The van der Waals surface area contributed by atoms with Gasteiger partial charge >= 0.3 is 5.97 Å². The van der Waals surface area contributed by atoms with Crippen molar-refractivity contribution in [2.24, 2.45) is 39.9 Å². The molecule has 4 saturated carbocycles. The topological polar surface area (TPSA) is 46.6 Å². The van der Waals surface area contributed by atoms with Crippen molar-refractivity contribution in [2.45, 2.75) is 85.7 Å². The van der Waals surface area contributed by atoms with Gasteiger partial charge in [-0.3, -0.25) is 9.59 Å². The number of nitrogens with zero attached hydrogens (tertiary/aromatic N) is 1. The molecule has 192 valence electrons. The van der Waals surface area contributed by atoms with Crippen LogP contribution in [0.3, 0.4) is 0 Å². The summed E-state index contributed by atoms with van der Waals surface area (Å²) in [6.07, 6.45) is 8.97. The Balaban J connectivity index is 1.54. The maximum Gasteiger partial charge on any atom is 0.316 e. The highest BCUT2D eigenvalue weighted by molar-refractivity contribution is 7.99. The summed E-state index contributed by atoms with van der Waals surface area (Å²) in [6.45, 7) is 18.9. The number of ketones is 1. The van der Waals surface area contributed by atoms with Crippen LogP contribution in [0.4, 0.5) is 0 Å². The SMILES string of the molecule is C=C[C@@]12C[C@H]1[C@H](C)[C@]13CCC(=O)[C@@H](C[C@@H](C)[C@](C)(C1)[C@H](OC(=O)CSCCN(CC)CC)C2)C3. The Morgan fingerprint density at radius 1 is 1.24 bits per heavy atom. The van der Waals surface area contributed by atoms with Gasteiger partial charge in [-0.05, 0) is 80.2 Å². The Kier molecular flexibility index (Phi) is 7.66. The summed E-state index contributed by atoms with van der Waals surface area (Å²) in [5.41, 5.74) is 0.186. The van der Waals surface area contributed by atoms with Crippen LogP contribution in [0.15, 0.2) is 12.7 Å². The highest BCUT2D eigenvalue weighted by Gasteiger charge is 2.66. The molecule has 3 bridgehead atoms. The number of ether oxygens (including phenoxy) is 1. The molecule has 5 heteroatoms. The van der Waals surface area contributed by atoms with Crippen LogP contribution in [-0.4, -0.2) is 53.9 Å². The predicted octanol–water partition coefficient (Wildman–Crippen LogP) is 6.00. The van der Waals surface area contributed by atoms with Crippen LogP contribution in [0.1, 0.15) is 79.6 Å². The van der Waals surface area contributed by atoms with Crippen molar-refractivity contribution in [1.29, 1.82) is 0 Å². The van der Waals surface area contributed by atoms with Gasteiger partial charge in [0.15, 0.2) is 0 Å². The first-order valence-electron chi connectivity index (χ1n) is 13.8. The van der Waals surface area contributed by atoms with E-state index in [-0.39, 0.29) is 34.2 Å².